The summed E-state index contributed by atoms with van der Waals surface area (Å²) in [6, 6.07) is 8.17. The number of hydrogen-bond donors (Lipinski definition) is 5. The maximum Gasteiger partial charge on any atom is 0.338 e. The highest BCUT2D eigenvalue weighted by Crippen LogP contribution is 2.66. The number of aliphatic hydroxyl groups excluding tert-OH is 2. The molecule has 0 aromatic heterocycles. The number of hydrogen-bond acceptors (Lipinski definition) is 9. The molecule has 0 spiro atoms. The summed E-state index contributed by atoms with van der Waals surface area (Å²) in [5, 5.41) is 57.8. The van der Waals surface area contributed by atoms with E-state index in [0.29, 0.717) is 5.57 Å². The van der Waals surface area contributed by atoms with E-state index in [4.69, 9.17) is 9.47 Å². The van der Waals surface area contributed by atoms with Crippen LogP contribution in [-0.2, 0) is 14.3 Å². The van der Waals surface area contributed by atoms with Crippen LogP contribution in [-0.4, -0.2) is 84.6 Å². The van der Waals surface area contributed by atoms with Crippen LogP contribution < -0.4 is 0 Å². The third-order valence-corrected chi connectivity index (χ3v) is 9.46. The number of esters is 1. The predicted molar refractivity (Wildman–Crippen MR) is 126 cm³/mol. The lowest BCUT2D eigenvalue weighted by Crippen LogP contribution is -2.71. The molecule has 11 atom stereocenters. The van der Waals surface area contributed by atoms with E-state index in [-0.39, 0.29) is 18.4 Å². The van der Waals surface area contributed by atoms with Crippen molar-refractivity contribution < 1.29 is 44.6 Å². The fraction of sp³-hybridized carbons (Fsp3) is 0.630. The fourth-order valence-electron chi connectivity index (χ4n) is 7.40. The van der Waals surface area contributed by atoms with Crippen molar-refractivity contribution in [3.8, 4) is 0 Å². The van der Waals surface area contributed by atoms with Crippen LogP contribution in [0, 0.1) is 23.7 Å². The summed E-state index contributed by atoms with van der Waals surface area (Å²) in [4.78, 5) is 26.5. The van der Waals surface area contributed by atoms with E-state index in [2.05, 4.69) is 6.58 Å². The van der Waals surface area contributed by atoms with Gasteiger partial charge in [-0.1, -0.05) is 38.6 Å². The normalized spacial score (nSPS) is 49.3. The summed E-state index contributed by atoms with van der Waals surface area (Å²) >= 11 is 0. The molecule has 4 fully saturated rings. The second kappa shape index (κ2) is 7.93. The molecule has 1 aliphatic heterocycles. The van der Waals surface area contributed by atoms with Crippen LogP contribution in [0.5, 0.6) is 0 Å². The summed E-state index contributed by atoms with van der Waals surface area (Å²) in [5.74, 6) is -5.11. The molecular formula is C27H34O9. The first-order valence-electron chi connectivity index (χ1n) is 12.4. The molecule has 196 valence electrons. The van der Waals surface area contributed by atoms with Crippen molar-refractivity contribution in [2.75, 3.05) is 6.61 Å². The van der Waals surface area contributed by atoms with Crippen molar-refractivity contribution in [1.29, 1.82) is 0 Å². The van der Waals surface area contributed by atoms with Crippen LogP contribution >= 0.6 is 0 Å². The summed E-state index contributed by atoms with van der Waals surface area (Å²) in [5.41, 5.74) is -7.31. The van der Waals surface area contributed by atoms with Crippen LogP contribution in [0.2, 0.25) is 0 Å². The van der Waals surface area contributed by atoms with Crippen molar-refractivity contribution in [2.24, 2.45) is 23.7 Å². The van der Waals surface area contributed by atoms with Crippen molar-refractivity contribution in [3.05, 3.63) is 48.0 Å². The van der Waals surface area contributed by atoms with Crippen molar-refractivity contribution in [3.63, 3.8) is 0 Å². The van der Waals surface area contributed by atoms with E-state index in [9.17, 15) is 35.1 Å². The highest BCUT2D eigenvalue weighted by atomic mass is 16.6. The minimum Gasteiger partial charge on any atom is -0.455 e. The molecule has 9 nitrogen and oxygen atoms in total. The van der Waals surface area contributed by atoms with E-state index in [1.807, 2.05) is 0 Å². The number of epoxide rings is 1. The maximum absolute atomic E-state index is 13.2. The first kappa shape index (κ1) is 25.5. The minimum atomic E-state index is -2.39. The Morgan fingerprint density at radius 1 is 1.19 bits per heavy atom. The van der Waals surface area contributed by atoms with Crippen molar-refractivity contribution in [2.45, 2.75) is 74.3 Å². The molecule has 0 radical (unpaired) electrons. The average molecular weight is 503 g/mol. The first-order chi connectivity index (χ1) is 16.8. The molecule has 1 heterocycles. The zero-order valence-electron chi connectivity index (χ0n) is 20.6. The van der Waals surface area contributed by atoms with Gasteiger partial charge in [0.2, 0.25) is 0 Å². The van der Waals surface area contributed by atoms with Crippen LogP contribution in [0.25, 0.3) is 0 Å². The van der Waals surface area contributed by atoms with Gasteiger partial charge < -0.3 is 35.0 Å². The lowest BCUT2D eigenvalue weighted by atomic mass is 9.54. The highest BCUT2D eigenvalue weighted by Gasteiger charge is 2.84. The Bertz CT molecular complexity index is 1110. The van der Waals surface area contributed by atoms with Crippen LogP contribution in [0.3, 0.4) is 0 Å². The monoisotopic (exact) mass is 502 g/mol. The third-order valence-electron chi connectivity index (χ3n) is 9.46. The predicted octanol–water partition coefficient (Wildman–Crippen LogP) is 0.367. The van der Waals surface area contributed by atoms with Crippen LogP contribution in [0.1, 0.15) is 44.0 Å². The van der Waals surface area contributed by atoms with Gasteiger partial charge in [-0.15, -0.1) is 0 Å². The number of fused-ring (bicyclic) bond motifs is 5. The largest absolute Gasteiger partial charge is 0.455 e. The lowest BCUT2D eigenvalue weighted by molar-refractivity contribution is -0.254. The molecule has 1 aromatic carbocycles. The van der Waals surface area contributed by atoms with Gasteiger partial charge in [0, 0.05) is 11.8 Å². The number of ether oxygens (including phenoxy) is 2. The number of carbonyl (C=O) groups excluding carboxylic acids is 2. The minimum absolute atomic E-state index is 0.0722. The summed E-state index contributed by atoms with van der Waals surface area (Å²) in [7, 11) is 0. The van der Waals surface area contributed by atoms with Gasteiger partial charge in [-0.05, 0) is 43.4 Å². The number of carbonyl (C=O) groups is 2. The fourth-order valence-corrected chi connectivity index (χ4v) is 7.40. The SMILES string of the molecule is C=C(C)[C@]1(O)C[C@@H](C)[C@@]2(O)[C@H]([C@H]1OC(=O)c1ccccc1)[C@@H]1O[C@]1(CO)[C@@H](O)[C@]1(O)C(=O)[C@@H](C)C[C@H]12. The van der Waals surface area contributed by atoms with Gasteiger partial charge in [-0.25, -0.2) is 4.79 Å². The highest BCUT2D eigenvalue weighted by molar-refractivity contribution is 5.93. The quantitative estimate of drug-likeness (QED) is 0.223. The first-order valence-corrected chi connectivity index (χ1v) is 12.4. The van der Waals surface area contributed by atoms with Gasteiger partial charge >= 0.3 is 5.97 Å². The zero-order valence-corrected chi connectivity index (χ0v) is 20.6. The molecule has 5 N–H and O–H groups in total. The number of ketones is 1. The second-order valence-corrected chi connectivity index (χ2v) is 11.3. The second-order valence-electron chi connectivity index (χ2n) is 11.3. The standard InChI is InChI=1S/C27H34O9/c1-13(2)24(32)11-15(4)26(33)17-10-14(3)19(29)27(17,34)23(31)25(12-28)21(36-25)18(26)20(24)35-22(30)16-8-6-5-7-9-16/h5-9,14-15,17-18,20-21,23,28,31-34H,1,10-12H2,2-4H3/t14-,15+,17-,18+,20+,21-,23+,24+,25-,26-,27+/m0/s1. The van der Waals surface area contributed by atoms with Gasteiger partial charge in [0.25, 0.3) is 0 Å². The molecule has 1 aromatic rings. The Morgan fingerprint density at radius 3 is 2.42 bits per heavy atom. The Hall–Kier alpha value is -2.14. The Kier molecular flexibility index (Phi) is 5.62. The molecule has 9 heteroatoms. The molecule has 0 bridgehead atoms. The molecule has 3 aliphatic carbocycles. The summed E-state index contributed by atoms with van der Waals surface area (Å²) < 4.78 is 11.8. The zero-order chi connectivity index (χ0) is 26.4. The number of rotatable bonds is 4. The van der Waals surface area contributed by atoms with E-state index >= 15 is 0 Å². The Morgan fingerprint density at radius 2 is 1.83 bits per heavy atom. The number of aliphatic hydroxyl groups is 5. The Labute approximate surface area is 209 Å². The summed E-state index contributed by atoms with van der Waals surface area (Å²) in [6.45, 7) is 8.07. The number of benzene rings is 1. The summed E-state index contributed by atoms with van der Waals surface area (Å²) in [6.07, 6.45) is -4.34. The van der Waals surface area contributed by atoms with Crippen LogP contribution in [0.4, 0.5) is 0 Å². The molecule has 0 amide bonds. The maximum atomic E-state index is 13.2. The smallest absolute Gasteiger partial charge is 0.338 e. The average Bonchev–Trinajstić information content (AvgIpc) is 3.54. The molecule has 36 heavy (non-hydrogen) atoms. The molecule has 1 saturated heterocycles. The van der Waals surface area contributed by atoms with E-state index in [1.165, 1.54) is 0 Å². The lowest BCUT2D eigenvalue weighted by Gasteiger charge is -2.57. The molecular weight excluding hydrogens is 468 g/mol. The molecule has 4 aliphatic rings. The van der Waals surface area contributed by atoms with Gasteiger partial charge in [-0.3, -0.25) is 4.79 Å². The van der Waals surface area contributed by atoms with E-state index in [1.54, 1.807) is 51.1 Å². The third kappa shape index (κ3) is 2.98. The molecule has 5 rings (SSSR count). The Balaban J connectivity index is 1.70. The number of Topliss-reactive ketones (excluding diaryl/α,β-unsaturated/α-hetero) is 1. The van der Waals surface area contributed by atoms with Gasteiger partial charge in [0.05, 0.1) is 23.7 Å². The van der Waals surface area contributed by atoms with Crippen molar-refractivity contribution in [1.82, 2.24) is 0 Å². The van der Waals surface area contributed by atoms with Crippen molar-refractivity contribution >= 4 is 11.8 Å². The van der Waals surface area contributed by atoms with E-state index < -0.39 is 82.7 Å². The van der Waals surface area contributed by atoms with E-state index in [0.717, 1.165) is 0 Å². The molecule has 0 unspecified atom stereocenters. The van der Waals surface area contributed by atoms with Crippen LogP contribution in [0.15, 0.2) is 42.5 Å². The topological polar surface area (TPSA) is 157 Å². The van der Waals surface area contributed by atoms with Gasteiger partial charge in [-0.2, -0.15) is 0 Å². The van der Waals surface area contributed by atoms with Gasteiger partial charge in [0.1, 0.15) is 29.5 Å². The molecule has 3 saturated carbocycles. The van der Waals surface area contributed by atoms with Gasteiger partial charge in [0.15, 0.2) is 11.4 Å².